The molecule has 190 valence electrons. The minimum atomic E-state index is 0.0235. The Hall–Kier alpha value is -4.90. The van der Waals surface area contributed by atoms with Crippen LogP contribution in [0, 0.1) is 0 Å². The summed E-state index contributed by atoms with van der Waals surface area (Å²) in [5.41, 5.74) is 5.46. The van der Waals surface area contributed by atoms with Gasteiger partial charge < -0.3 is 4.74 Å². The van der Waals surface area contributed by atoms with Crippen LogP contribution in [0.25, 0.3) is 44.2 Å². The zero-order valence-electron chi connectivity index (χ0n) is 22.2. The van der Waals surface area contributed by atoms with Gasteiger partial charge in [-0.2, -0.15) is 5.10 Å². The summed E-state index contributed by atoms with van der Waals surface area (Å²) in [5, 5.41) is 8.06. The van der Waals surface area contributed by atoms with E-state index in [0.29, 0.717) is 0 Å². The lowest BCUT2D eigenvalue weighted by molar-refractivity contribution is 0.483. The van der Waals surface area contributed by atoms with Gasteiger partial charge in [0, 0.05) is 34.5 Å². The van der Waals surface area contributed by atoms with Gasteiger partial charge in [-0.25, -0.2) is 9.67 Å². The molecular weight excluding hydrogens is 480 g/mol. The van der Waals surface area contributed by atoms with Crippen molar-refractivity contribution in [1.82, 2.24) is 19.3 Å². The van der Waals surface area contributed by atoms with E-state index in [1.54, 1.807) is 0 Å². The highest BCUT2D eigenvalue weighted by molar-refractivity contribution is 6.09. The lowest BCUT2D eigenvalue weighted by Crippen LogP contribution is -2.12. The van der Waals surface area contributed by atoms with Crippen molar-refractivity contribution in [3.05, 3.63) is 121 Å². The van der Waals surface area contributed by atoms with Crippen LogP contribution in [0.2, 0.25) is 0 Å². The fourth-order valence-electron chi connectivity index (χ4n) is 5.26. The highest BCUT2D eigenvalue weighted by Gasteiger charge is 2.18. The molecular formula is C34H28N4O. The van der Waals surface area contributed by atoms with Crippen LogP contribution in [0.1, 0.15) is 26.3 Å². The predicted molar refractivity (Wildman–Crippen MR) is 158 cm³/mol. The molecule has 0 aliphatic rings. The normalized spacial score (nSPS) is 12.0. The third-order valence-corrected chi connectivity index (χ3v) is 7.26. The molecule has 39 heavy (non-hydrogen) atoms. The van der Waals surface area contributed by atoms with E-state index in [1.807, 2.05) is 59.5 Å². The molecule has 0 aliphatic carbocycles. The quantitative estimate of drug-likeness (QED) is 0.239. The number of rotatable bonds is 4. The van der Waals surface area contributed by atoms with Crippen molar-refractivity contribution in [3.63, 3.8) is 0 Å². The van der Waals surface area contributed by atoms with Crippen molar-refractivity contribution < 1.29 is 4.74 Å². The topological polar surface area (TPSA) is 44.9 Å². The Labute approximate surface area is 226 Å². The van der Waals surface area contributed by atoms with Crippen LogP contribution in [0.15, 0.2) is 116 Å². The van der Waals surface area contributed by atoms with Crippen molar-refractivity contribution in [3.8, 4) is 23.0 Å². The molecule has 0 saturated carbocycles. The summed E-state index contributed by atoms with van der Waals surface area (Å²) in [7, 11) is 0. The van der Waals surface area contributed by atoms with E-state index >= 15 is 0 Å². The van der Waals surface area contributed by atoms with Crippen molar-refractivity contribution in [2.45, 2.75) is 26.2 Å². The van der Waals surface area contributed by atoms with Gasteiger partial charge in [0.15, 0.2) is 0 Å². The molecule has 0 radical (unpaired) electrons. The summed E-state index contributed by atoms with van der Waals surface area (Å²) in [6.07, 6.45) is 3.79. The Balaban J connectivity index is 1.33. The minimum absolute atomic E-state index is 0.0235. The maximum atomic E-state index is 6.43. The van der Waals surface area contributed by atoms with Crippen molar-refractivity contribution in [2.24, 2.45) is 0 Å². The smallest absolute Gasteiger partial charge is 0.137 e. The van der Waals surface area contributed by atoms with Crippen molar-refractivity contribution in [1.29, 1.82) is 0 Å². The second-order valence-corrected chi connectivity index (χ2v) is 10.9. The van der Waals surface area contributed by atoms with Crippen LogP contribution in [0.4, 0.5) is 0 Å². The molecule has 0 amide bonds. The van der Waals surface area contributed by atoms with Gasteiger partial charge in [-0.1, -0.05) is 63.2 Å². The Kier molecular flexibility index (Phi) is 5.27. The first-order valence-corrected chi connectivity index (χ1v) is 13.2. The second-order valence-electron chi connectivity index (χ2n) is 10.9. The van der Waals surface area contributed by atoms with E-state index < -0.39 is 0 Å². The fourth-order valence-corrected chi connectivity index (χ4v) is 5.26. The number of nitrogens with zero attached hydrogens (tertiary/aromatic N) is 4. The number of fused-ring (bicyclic) bond motifs is 4. The summed E-state index contributed by atoms with van der Waals surface area (Å²) in [5.74, 6) is 2.42. The molecule has 0 fully saturated rings. The minimum Gasteiger partial charge on any atom is -0.457 e. The average Bonchev–Trinajstić information content (AvgIpc) is 3.52. The summed E-state index contributed by atoms with van der Waals surface area (Å²) < 4.78 is 10.6. The van der Waals surface area contributed by atoms with E-state index in [2.05, 4.69) is 91.1 Å². The molecule has 5 nitrogen and oxygen atoms in total. The molecule has 0 unspecified atom stereocenters. The number of hydrogen-bond donors (Lipinski definition) is 0. The molecule has 5 heteroatoms. The summed E-state index contributed by atoms with van der Waals surface area (Å²) in [6, 6.07) is 35.3. The van der Waals surface area contributed by atoms with Crippen LogP contribution >= 0.6 is 0 Å². The van der Waals surface area contributed by atoms with Crippen LogP contribution in [0.3, 0.4) is 0 Å². The lowest BCUT2D eigenvalue weighted by Gasteiger charge is -2.20. The Morgan fingerprint density at radius 2 is 1.44 bits per heavy atom. The highest BCUT2D eigenvalue weighted by atomic mass is 16.5. The average molecular weight is 509 g/mol. The number of para-hydroxylation sites is 2. The maximum Gasteiger partial charge on any atom is 0.137 e. The molecule has 0 aliphatic heterocycles. The number of aromatic nitrogens is 4. The van der Waals surface area contributed by atoms with Crippen LogP contribution < -0.4 is 4.74 Å². The molecule has 7 rings (SSSR count). The van der Waals surface area contributed by atoms with Crippen LogP contribution in [-0.4, -0.2) is 19.3 Å². The SMILES string of the molecule is CC(C)(C)c1ccnc(-n2c3ccccc3c3ccc(Oc4cccc(-n5ncc6ccccc65)c4)cc32)c1. The monoisotopic (exact) mass is 508 g/mol. The van der Waals surface area contributed by atoms with Gasteiger partial charge in [0.25, 0.3) is 0 Å². The van der Waals surface area contributed by atoms with E-state index in [0.717, 1.165) is 50.3 Å². The molecule has 7 aromatic rings. The standard InChI is InChI=1S/C34H28N4O/c1-34(2,3)24-17-18-35-33(19-24)37-31-14-7-5-12-28(31)29-16-15-27(21-32(29)37)39-26-11-8-10-25(20-26)38-30-13-6-4-9-23(30)22-36-38/h4-22H,1-3H3. The number of pyridine rings is 1. The van der Waals surface area contributed by atoms with Gasteiger partial charge in [-0.05, 0) is 59.5 Å². The largest absolute Gasteiger partial charge is 0.457 e. The van der Waals surface area contributed by atoms with Crippen LogP contribution in [0.5, 0.6) is 11.5 Å². The molecule has 4 aromatic carbocycles. The van der Waals surface area contributed by atoms with Gasteiger partial charge in [-0.3, -0.25) is 4.57 Å². The first kappa shape index (κ1) is 23.2. The zero-order valence-corrected chi connectivity index (χ0v) is 22.2. The second kappa shape index (κ2) is 8.84. The molecule has 3 heterocycles. The van der Waals surface area contributed by atoms with Crippen LogP contribution in [-0.2, 0) is 5.41 Å². The summed E-state index contributed by atoms with van der Waals surface area (Å²) in [6.45, 7) is 6.68. The Morgan fingerprint density at radius 3 is 2.31 bits per heavy atom. The van der Waals surface area contributed by atoms with E-state index in [1.165, 1.54) is 10.9 Å². The highest BCUT2D eigenvalue weighted by Crippen LogP contribution is 2.36. The molecule has 0 atom stereocenters. The van der Waals surface area contributed by atoms with Gasteiger partial charge in [0.05, 0.1) is 28.4 Å². The number of hydrogen-bond acceptors (Lipinski definition) is 3. The van der Waals surface area contributed by atoms with E-state index in [-0.39, 0.29) is 5.41 Å². The summed E-state index contributed by atoms with van der Waals surface area (Å²) in [4.78, 5) is 4.79. The third-order valence-electron chi connectivity index (χ3n) is 7.26. The Bertz CT molecular complexity index is 1990. The van der Waals surface area contributed by atoms with Gasteiger partial charge in [0.1, 0.15) is 17.3 Å². The van der Waals surface area contributed by atoms with Gasteiger partial charge in [0.2, 0.25) is 0 Å². The maximum absolute atomic E-state index is 6.43. The molecule has 0 spiro atoms. The Morgan fingerprint density at radius 1 is 0.667 bits per heavy atom. The molecule has 0 saturated heterocycles. The predicted octanol–water partition coefficient (Wildman–Crippen LogP) is 8.61. The molecule has 0 bridgehead atoms. The van der Waals surface area contributed by atoms with Gasteiger partial charge in [-0.15, -0.1) is 0 Å². The fraction of sp³-hybridized carbons (Fsp3) is 0.118. The molecule has 0 N–H and O–H groups in total. The van der Waals surface area contributed by atoms with E-state index in [4.69, 9.17) is 9.72 Å². The van der Waals surface area contributed by atoms with Gasteiger partial charge >= 0.3 is 0 Å². The molecule has 3 aromatic heterocycles. The zero-order chi connectivity index (χ0) is 26.6. The number of ether oxygens (including phenoxy) is 1. The van der Waals surface area contributed by atoms with Crippen molar-refractivity contribution in [2.75, 3.05) is 0 Å². The first-order valence-electron chi connectivity index (χ1n) is 13.2. The number of benzene rings is 4. The van der Waals surface area contributed by atoms with Crippen molar-refractivity contribution >= 4 is 32.7 Å². The summed E-state index contributed by atoms with van der Waals surface area (Å²) >= 11 is 0. The third kappa shape index (κ3) is 4.03. The first-order chi connectivity index (χ1) is 19.0. The lowest BCUT2D eigenvalue weighted by atomic mass is 9.88. The van der Waals surface area contributed by atoms with E-state index in [9.17, 15) is 0 Å².